The van der Waals surface area contributed by atoms with Crippen LogP contribution in [0.2, 0.25) is 0 Å². The summed E-state index contributed by atoms with van der Waals surface area (Å²) in [4.78, 5) is 10.5. The van der Waals surface area contributed by atoms with Crippen molar-refractivity contribution in [3.05, 3.63) is 83.4 Å². The number of nitrogens with zero attached hydrogens (tertiary/aromatic N) is 3. The molecule has 0 N–H and O–H groups in total. The Balaban J connectivity index is 1.71. The van der Waals surface area contributed by atoms with Crippen LogP contribution in [0.5, 0.6) is 11.8 Å². The van der Waals surface area contributed by atoms with Gasteiger partial charge < -0.3 is 9.64 Å². The number of rotatable bonds is 3. The lowest BCUT2D eigenvalue weighted by Gasteiger charge is -2.19. The molecule has 1 aliphatic heterocycles. The molecule has 0 saturated heterocycles. The Bertz CT molecular complexity index is 901. The smallest absolute Gasteiger partial charge is 0.321 e. The van der Waals surface area contributed by atoms with E-state index in [-0.39, 0.29) is 11.7 Å². The number of hydrogen-bond donors (Lipinski definition) is 0. The molecular weight excluding hydrogens is 329 g/mol. The highest BCUT2D eigenvalue weighted by atomic mass is 19.1. The average Bonchev–Trinajstić information content (AvgIpc) is 2.81. The summed E-state index contributed by atoms with van der Waals surface area (Å²) in [5, 5.41) is 0. The molecule has 132 valence electrons. The highest BCUT2D eigenvalue weighted by molar-refractivity contribution is 5.44. The lowest BCUT2D eigenvalue weighted by molar-refractivity contribution is 0.327. The first kappa shape index (κ1) is 16.7. The molecule has 0 bridgehead atoms. The molecule has 2 heterocycles. The second-order valence-electron chi connectivity index (χ2n) is 6.59. The van der Waals surface area contributed by atoms with Gasteiger partial charge in [0.05, 0.1) is 0 Å². The number of hydrogen-bond acceptors (Lipinski definition) is 4. The van der Waals surface area contributed by atoms with Gasteiger partial charge in [-0.15, -0.1) is 0 Å². The zero-order valence-corrected chi connectivity index (χ0v) is 14.6. The fourth-order valence-electron chi connectivity index (χ4n) is 3.52. The molecule has 0 radical (unpaired) electrons. The van der Waals surface area contributed by atoms with Crippen LogP contribution in [0.25, 0.3) is 0 Å². The molecule has 3 aromatic rings. The van der Waals surface area contributed by atoms with Gasteiger partial charge >= 0.3 is 6.01 Å². The molecule has 1 aliphatic rings. The minimum Gasteiger partial charge on any atom is -0.424 e. The molecule has 0 aliphatic carbocycles. The summed E-state index contributed by atoms with van der Waals surface area (Å²) >= 11 is 0. The molecule has 0 saturated carbocycles. The Morgan fingerprint density at radius 2 is 1.85 bits per heavy atom. The molecular formula is C21H20FN3O. The van der Waals surface area contributed by atoms with Crippen molar-refractivity contribution in [2.45, 2.75) is 18.9 Å². The fraction of sp³-hybridized carbons (Fsp3) is 0.238. The van der Waals surface area contributed by atoms with Gasteiger partial charge in [-0.1, -0.05) is 24.3 Å². The zero-order chi connectivity index (χ0) is 17.9. The maximum atomic E-state index is 14.4. The lowest BCUT2D eigenvalue weighted by atomic mass is 9.86. The Morgan fingerprint density at radius 3 is 2.65 bits per heavy atom. The summed E-state index contributed by atoms with van der Waals surface area (Å²) in [6.07, 6.45) is 4.17. The van der Waals surface area contributed by atoms with Gasteiger partial charge in [0.2, 0.25) is 0 Å². The zero-order valence-electron chi connectivity index (χ0n) is 14.6. The largest absolute Gasteiger partial charge is 0.424 e. The molecule has 1 aromatic heterocycles. The Labute approximate surface area is 152 Å². The van der Waals surface area contributed by atoms with Crippen LogP contribution in [0.15, 0.2) is 60.9 Å². The second-order valence-corrected chi connectivity index (χ2v) is 6.59. The first-order valence-corrected chi connectivity index (χ1v) is 8.71. The van der Waals surface area contributed by atoms with Crippen LogP contribution in [-0.4, -0.2) is 28.5 Å². The third kappa shape index (κ3) is 3.44. The van der Waals surface area contributed by atoms with Crippen LogP contribution in [0.3, 0.4) is 0 Å². The van der Waals surface area contributed by atoms with Crippen LogP contribution in [0, 0.1) is 5.82 Å². The maximum absolute atomic E-state index is 14.4. The number of halogens is 1. The minimum absolute atomic E-state index is 0.0400. The van der Waals surface area contributed by atoms with Crippen LogP contribution in [0.4, 0.5) is 4.39 Å². The average molecular weight is 349 g/mol. The molecule has 4 rings (SSSR count). The highest BCUT2D eigenvalue weighted by Gasteiger charge is 2.24. The Morgan fingerprint density at radius 1 is 1.04 bits per heavy atom. The van der Waals surface area contributed by atoms with Gasteiger partial charge in [-0.3, -0.25) is 0 Å². The molecule has 26 heavy (non-hydrogen) atoms. The summed E-state index contributed by atoms with van der Waals surface area (Å²) in [7, 11) is 2.08. The first-order chi connectivity index (χ1) is 12.7. The number of benzene rings is 2. The minimum atomic E-state index is -0.147. The van der Waals surface area contributed by atoms with Crippen LogP contribution in [-0.2, 0) is 6.54 Å². The van der Waals surface area contributed by atoms with Gasteiger partial charge in [0.15, 0.2) is 0 Å². The fourth-order valence-corrected chi connectivity index (χ4v) is 3.52. The van der Waals surface area contributed by atoms with E-state index in [9.17, 15) is 4.39 Å². The maximum Gasteiger partial charge on any atom is 0.321 e. The topological polar surface area (TPSA) is 38.2 Å². The van der Waals surface area contributed by atoms with E-state index < -0.39 is 0 Å². The Kier molecular flexibility index (Phi) is 4.63. The summed E-state index contributed by atoms with van der Waals surface area (Å²) in [5.74, 6) is 0.585. The first-order valence-electron chi connectivity index (χ1n) is 8.71. The van der Waals surface area contributed by atoms with Gasteiger partial charge in [0.25, 0.3) is 0 Å². The molecule has 2 aromatic carbocycles. The van der Waals surface area contributed by atoms with Gasteiger partial charge in [-0.25, -0.2) is 14.4 Å². The van der Waals surface area contributed by atoms with Crippen molar-refractivity contribution in [1.82, 2.24) is 14.9 Å². The summed E-state index contributed by atoms with van der Waals surface area (Å²) < 4.78 is 20.2. The summed E-state index contributed by atoms with van der Waals surface area (Å²) in [6, 6.07) is 15.1. The SMILES string of the molecule is CN1CCC(c2ccccc2F)c2ccc(Oc3ncccn3)cc2C1. The molecule has 0 amide bonds. The van der Waals surface area contributed by atoms with Crippen molar-refractivity contribution in [3.8, 4) is 11.8 Å². The summed E-state index contributed by atoms with van der Waals surface area (Å²) in [5.41, 5.74) is 3.05. The number of fused-ring (bicyclic) bond motifs is 1. The monoisotopic (exact) mass is 349 g/mol. The van der Waals surface area contributed by atoms with Crippen molar-refractivity contribution in [2.75, 3.05) is 13.6 Å². The van der Waals surface area contributed by atoms with Gasteiger partial charge in [0.1, 0.15) is 11.6 Å². The predicted molar refractivity (Wildman–Crippen MR) is 97.7 cm³/mol. The quantitative estimate of drug-likeness (QED) is 0.703. The van der Waals surface area contributed by atoms with E-state index in [0.717, 1.165) is 36.2 Å². The van der Waals surface area contributed by atoms with Crippen molar-refractivity contribution < 1.29 is 9.13 Å². The number of ether oxygens (including phenoxy) is 1. The van der Waals surface area contributed by atoms with E-state index in [2.05, 4.69) is 21.9 Å². The van der Waals surface area contributed by atoms with Gasteiger partial charge in [-0.05, 0) is 61.0 Å². The molecule has 0 fully saturated rings. The molecule has 5 heteroatoms. The Hall–Kier alpha value is -2.79. The molecule has 1 atom stereocenters. The van der Waals surface area contributed by atoms with Crippen LogP contribution >= 0.6 is 0 Å². The van der Waals surface area contributed by atoms with Gasteiger partial charge in [-0.2, -0.15) is 0 Å². The van der Waals surface area contributed by atoms with Gasteiger partial charge in [0, 0.05) is 24.9 Å². The van der Waals surface area contributed by atoms with Crippen molar-refractivity contribution in [2.24, 2.45) is 0 Å². The predicted octanol–water partition coefficient (Wildman–Crippen LogP) is 4.38. The lowest BCUT2D eigenvalue weighted by Crippen LogP contribution is -2.17. The normalized spacial score (nSPS) is 17.4. The van der Waals surface area contributed by atoms with E-state index >= 15 is 0 Å². The third-order valence-electron chi connectivity index (χ3n) is 4.76. The van der Waals surface area contributed by atoms with Crippen LogP contribution in [0.1, 0.15) is 29.0 Å². The standard InChI is InChI=1S/C21H20FN3O/c1-25-12-9-18(19-5-2-3-6-20(19)22)17-8-7-16(13-15(17)14-25)26-21-23-10-4-11-24-21/h2-8,10-11,13,18H,9,12,14H2,1H3. The second kappa shape index (κ2) is 7.22. The van der Waals surface area contributed by atoms with Crippen LogP contribution < -0.4 is 4.74 Å². The third-order valence-corrected chi connectivity index (χ3v) is 4.76. The molecule has 1 unspecified atom stereocenters. The van der Waals surface area contributed by atoms with E-state index in [0.29, 0.717) is 11.8 Å². The van der Waals surface area contributed by atoms with E-state index in [1.165, 1.54) is 6.07 Å². The van der Waals surface area contributed by atoms with E-state index in [4.69, 9.17) is 4.74 Å². The van der Waals surface area contributed by atoms with Crippen molar-refractivity contribution >= 4 is 0 Å². The summed E-state index contributed by atoms with van der Waals surface area (Å²) in [6.45, 7) is 1.71. The number of aromatic nitrogens is 2. The molecule has 4 nitrogen and oxygen atoms in total. The van der Waals surface area contributed by atoms with E-state index in [1.807, 2.05) is 30.3 Å². The van der Waals surface area contributed by atoms with Crippen molar-refractivity contribution in [1.29, 1.82) is 0 Å². The highest BCUT2D eigenvalue weighted by Crippen LogP contribution is 2.36. The molecule has 0 spiro atoms. The van der Waals surface area contributed by atoms with E-state index in [1.54, 1.807) is 24.5 Å². The van der Waals surface area contributed by atoms with Crippen molar-refractivity contribution in [3.63, 3.8) is 0 Å².